The van der Waals surface area contributed by atoms with Crippen LogP contribution in [0.5, 0.6) is 0 Å². The van der Waals surface area contributed by atoms with Gasteiger partial charge in [0.05, 0.1) is 6.54 Å². The Morgan fingerprint density at radius 3 is 0.971 bits per heavy atom. The van der Waals surface area contributed by atoms with E-state index in [9.17, 15) is 93.3 Å². The first-order valence-corrected chi connectivity index (χ1v) is 7.46. The number of quaternary nitrogens is 1. The maximum Gasteiger partial charge on any atom is 0.438 e. The second kappa shape index (κ2) is 8.95. The highest BCUT2D eigenvalue weighted by molar-refractivity contribution is 5.75. The quantitative estimate of drug-likeness (QED) is 0.485. The van der Waals surface area contributed by atoms with Crippen molar-refractivity contribution in [2.45, 2.75) is 60.5 Å². The minimum absolute atomic E-state index is 1.00. The number of hydrogen-bond donors (Lipinski definition) is 1. The first-order chi connectivity index (χ1) is 14.4. The highest BCUT2D eigenvalue weighted by atomic mass is 19.4. The first-order valence-electron chi connectivity index (χ1n) is 7.46. The molecule has 0 aliphatic rings. The van der Waals surface area contributed by atoms with Crippen LogP contribution in [0.4, 0.5) is 83.4 Å². The van der Waals surface area contributed by atoms with E-state index in [4.69, 9.17) is 0 Å². The Labute approximate surface area is 173 Å². The minimum Gasteiger partial charge on any atom is -0.544 e. The zero-order valence-electron chi connectivity index (χ0n) is 15.4. The van der Waals surface area contributed by atoms with Gasteiger partial charge < -0.3 is 15.6 Å². The van der Waals surface area contributed by atoms with E-state index < -0.39 is 59.5 Å². The van der Waals surface area contributed by atoms with Crippen molar-refractivity contribution in [2.75, 3.05) is 6.54 Å². The summed E-state index contributed by atoms with van der Waals surface area (Å²) in [5.41, 5.74) is -5.35. The van der Waals surface area contributed by atoms with E-state index in [1.165, 1.54) is 0 Å². The van der Waals surface area contributed by atoms with E-state index in [1.54, 1.807) is 0 Å². The topological polar surface area (TPSA) is 67.8 Å². The van der Waals surface area contributed by atoms with Crippen LogP contribution in [-0.2, 0) is 4.79 Å². The van der Waals surface area contributed by atoms with Gasteiger partial charge in [-0.25, -0.2) is 4.39 Å². The maximum atomic E-state index is 13.2. The molecule has 0 saturated carbocycles. The van der Waals surface area contributed by atoms with Crippen LogP contribution >= 0.6 is 0 Å². The molecule has 0 rings (SSSR count). The number of carboxylic acids is 1. The number of carbonyl (C=O) groups excluding carboxylic acids is 1. The van der Waals surface area contributed by atoms with Crippen molar-refractivity contribution in [2.24, 2.45) is 0 Å². The molecule has 22 heteroatoms. The number of rotatable bonds is 7. The van der Waals surface area contributed by atoms with E-state index in [0.29, 0.717) is 0 Å². The van der Waals surface area contributed by atoms with E-state index in [2.05, 4.69) is 5.73 Å². The molecule has 34 heavy (non-hydrogen) atoms. The Kier molecular flexibility index (Phi) is 9.02. The molecule has 206 valence electrons. The SMILES string of the molecule is CC[NH3+].O=C([O-])C(F)(F)C(F)(F)C(F)(F)C(F)(F)C(F)(F)C(F)(F)C(F)(C(F)(F)F)C(F)(F)F. The molecule has 0 atom stereocenters. The van der Waals surface area contributed by atoms with Gasteiger partial charge in [-0.15, -0.1) is 0 Å². The smallest absolute Gasteiger partial charge is 0.438 e. The molecular formula is C12H8F19NO2. The molecule has 0 aliphatic heterocycles. The Balaban J connectivity index is 0. The van der Waals surface area contributed by atoms with Gasteiger partial charge in [-0.3, -0.25) is 0 Å². The van der Waals surface area contributed by atoms with Crippen molar-refractivity contribution < 1.29 is 99.1 Å². The summed E-state index contributed by atoms with van der Waals surface area (Å²) in [6, 6.07) is 0. The van der Waals surface area contributed by atoms with Crippen LogP contribution in [0.15, 0.2) is 0 Å². The fraction of sp³-hybridized carbons (Fsp3) is 0.917. The number of alkyl halides is 19. The average Bonchev–Trinajstić information content (AvgIpc) is 2.58. The number of hydrogen-bond acceptors (Lipinski definition) is 2. The first kappa shape index (κ1) is 34.3. The van der Waals surface area contributed by atoms with Gasteiger partial charge in [-0.2, -0.15) is 79.0 Å². The second-order valence-corrected chi connectivity index (χ2v) is 5.89. The van der Waals surface area contributed by atoms with Gasteiger partial charge in [-0.05, 0) is 6.92 Å². The highest BCUT2D eigenvalue weighted by Crippen LogP contribution is 2.66. The molecule has 0 aromatic rings. The fourth-order valence-corrected chi connectivity index (χ4v) is 1.65. The monoisotopic (exact) mass is 559 g/mol. The number of halogens is 19. The summed E-state index contributed by atoms with van der Waals surface area (Å²) in [4.78, 5) is 9.70. The summed E-state index contributed by atoms with van der Waals surface area (Å²) in [6.45, 7) is 3.01. The summed E-state index contributed by atoms with van der Waals surface area (Å²) in [7, 11) is 0. The second-order valence-electron chi connectivity index (χ2n) is 5.89. The van der Waals surface area contributed by atoms with Crippen LogP contribution in [-0.4, -0.2) is 66.1 Å². The van der Waals surface area contributed by atoms with Crippen LogP contribution in [0, 0.1) is 0 Å². The number of aliphatic carboxylic acids is 1. The molecule has 0 radical (unpaired) electrons. The molecular weight excluding hydrogens is 551 g/mol. The molecule has 0 heterocycles. The van der Waals surface area contributed by atoms with Gasteiger partial charge in [0.25, 0.3) is 0 Å². The molecule has 0 aromatic carbocycles. The van der Waals surface area contributed by atoms with Gasteiger partial charge in [0.15, 0.2) is 0 Å². The van der Waals surface area contributed by atoms with E-state index >= 15 is 0 Å². The number of carboxylic acid groups (broad SMARTS) is 1. The Morgan fingerprint density at radius 1 is 0.559 bits per heavy atom. The molecule has 0 aromatic heterocycles. The standard InChI is InChI=1S/C10HF19O2.C2H7N/c11-2(12,1(30)31)4(14,15)6(18,19)8(22,23)7(20,21)5(16,17)3(13,9(24,25)26)10(27,28)29;1-2-3/h(H,30,31);2-3H2,1H3. The van der Waals surface area contributed by atoms with Crippen LogP contribution < -0.4 is 10.8 Å². The molecule has 0 amide bonds. The largest absolute Gasteiger partial charge is 0.544 e. The Hall–Kier alpha value is -1.90. The van der Waals surface area contributed by atoms with Crippen molar-refractivity contribution in [3.63, 3.8) is 0 Å². The molecule has 0 aliphatic carbocycles. The van der Waals surface area contributed by atoms with Gasteiger partial charge in [0.2, 0.25) is 0 Å². The molecule has 0 bridgehead atoms. The van der Waals surface area contributed by atoms with Crippen molar-refractivity contribution in [3.8, 4) is 0 Å². The number of carbonyl (C=O) groups is 1. The summed E-state index contributed by atoms with van der Waals surface area (Å²) >= 11 is 0. The van der Waals surface area contributed by atoms with Crippen molar-refractivity contribution in [1.29, 1.82) is 0 Å². The Morgan fingerprint density at radius 2 is 0.765 bits per heavy atom. The van der Waals surface area contributed by atoms with E-state index in [1.807, 2.05) is 6.92 Å². The molecule has 0 saturated heterocycles. The third-order valence-corrected chi connectivity index (χ3v) is 3.44. The van der Waals surface area contributed by atoms with Crippen molar-refractivity contribution in [3.05, 3.63) is 0 Å². The molecule has 0 fully saturated rings. The minimum atomic E-state index is -9.17. The molecule has 3 nitrogen and oxygen atoms in total. The lowest BCUT2D eigenvalue weighted by molar-refractivity contribution is -0.472. The van der Waals surface area contributed by atoms with Crippen molar-refractivity contribution in [1.82, 2.24) is 0 Å². The maximum absolute atomic E-state index is 13.2. The molecule has 3 N–H and O–H groups in total. The molecule has 0 spiro atoms. The van der Waals surface area contributed by atoms with E-state index in [0.717, 1.165) is 6.54 Å². The molecule has 0 unspecified atom stereocenters. The normalized spacial score (nSPS) is 15.6. The van der Waals surface area contributed by atoms with Gasteiger partial charge >= 0.3 is 53.6 Å². The predicted molar refractivity (Wildman–Crippen MR) is 64.1 cm³/mol. The van der Waals surface area contributed by atoms with Gasteiger partial charge in [0, 0.05) is 0 Å². The highest BCUT2D eigenvalue weighted by Gasteiger charge is 2.98. The summed E-state index contributed by atoms with van der Waals surface area (Å²) < 4.78 is 242. The van der Waals surface area contributed by atoms with Gasteiger partial charge in [-0.1, -0.05) is 0 Å². The van der Waals surface area contributed by atoms with E-state index in [-0.39, 0.29) is 0 Å². The Bertz CT molecular complexity index is 708. The summed E-state index contributed by atoms with van der Waals surface area (Å²) in [6.07, 6.45) is -16.7. The van der Waals surface area contributed by atoms with Gasteiger partial charge in [0.1, 0.15) is 5.97 Å². The van der Waals surface area contributed by atoms with Crippen LogP contribution in [0.1, 0.15) is 6.92 Å². The lowest BCUT2D eigenvalue weighted by Gasteiger charge is -2.45. The third-order valence-electron chi connectivity index (χ3n) is 3.44. The lowest BCUT2D eigenvalue weighted by atomic mass is 9.83. The zero-order chi connectivity index (χ0) is 28.8. The van der Waals surface area contributed by atoms with Crippen LogP contribution in [0.3, 0.4) is 0 Å². The average molecular weight is 559 g/mol. The lowest BCUT2D eigenvalue weighted by Crippen LogP contribution is -2.78. The predicted octanol–water partition coefficient (Wildman–Crippen LogP) is 3.63. The fourth-order valence-electron chi connectivity index (χ4n) is 1.65. The third kappa shape index (κ3) is 4.40. The van der Waals surface area contributed by atoms with Crippen LogP contribution in [0.25, 0.3) is 0 Å². The zero-order valence-corrected chi connectivity index (χ0v) is 15.4. The van der Waals surface area contributed by atoms with Crippen LogP contribution in [0.2, 0.25) is 0 Å². The van der Waals surface area contributed by atoms with Crippen molar-refractivity contribution >= 4 is 5.97 Å². The summed E-state index contributed by atoms with van der Waals surface area (Å²) in [5.74, 6) is -57.0. The summed E-state index contributed by atoms with van der Waals surface area (Å²) in [5, 5.41) is 9.70.